The first-order chi connectivity index (χ1) is 7.70. The quantitative estimate of drug-likeness (QED) is 0.711. The highest BCUT2D eigenvalue weighted by atomic mass is 19.1. The number of benzene rings is 1. The molecule has 0 aromatic heterocycles. The number of hydrogen-bond donors (Lipinski definition) is 3. The molecule has 0 spiro atoms. The van der Waals surface area contributed by atoms with Gasteiger partial charge in [0.2, 0.25) is 0 Å². The summed E-state index contributed by atoms with van der Waals surface area (Å²) >= 11 is 0. The zero-order valence-corrected chi connectivity index (χ0v) is 8.99. The van der Waals surface area contributed by atoms with Gasteiger partial charge in [0, 0.05) is 12.2 Å². The van der Waals surface area contributed by atoms with Crippen LogP contribution in [-0.2, 0) is 0 Å². The summed E-state index contributed by atoms with van der Waals surface area (Å²) in [5.41, 5.74) is 1.54. The van der Waals surface area contributed by atoms with Crippen LogP contribution in [0.4, 0.5) is 10.1 Å². The number of halogens is 1. The van der Waals surface area contributed by atoms with Crippen molar-refractivity contribution in [3.63, 3.8) is 0 Å². The Morgan fingerprint density at radius 2 is 2.19 bits per heavy atom. The van der Waals surface area contributed by atoms with E-state index in [1.54, 1.807) is 12.1 Å². The zero-order valence-electron chi connectivity index (χ0n) is 8.99. The van der Waals surface area contributed by atoms with Crippen LogP contribution in [0.2, 0.25) is 0 Å². The van der Waals surface area contributed by atoms with Crippen molar-refractivity contribution in [1.82, 2.24) is 0 Å². The standard InChI is InChI=1S/C12H16FNO2/c13-12-4-3-9(14-6-10(16)7-15)5-11(12)8-1-2-8/h3-5,8,10,14-16H,1-2,6-7H2. The molecule has 0 saturated heterocycles. The van der Waals surface area contributed by atoms with Gasteiger partial charge in [0.1, 0.15) is 5.82 Å². The molecule has 0 heterocycles. The third kappa shape index (κ3) is 2.71. The Morgan fingerprint density at radius 3 is 2.81 bits per heavy atom. The molecule has 1 aromatic rings. The van der Waals surface area contributed by atoms with Gasteiger partial charge in [0.25, 0.3) is 0 Å². The molecule has 1 fully saturated rings. The molecule has 0 radical (unpaired) electrons. The predicted molar refractivity (Wildman–Crippen MR) is 60.0 cm³/mol. The van der Waals surface area contributed by atoms with E-state index < -0.39 is 6.10 Å². The van der Waals surface area contributed by atoms with Crippen LogP contribution in [0.1, 0.15) is 24.3 Å². The second-order valence-electron chi connectivity index (χ2n) is 4.23. The third-order valence-electron chi connectivity index (χ3n) is 2.77. The van der Waals surface area contributed by atoms with E-state index in [-0.39, 0.29) is 19.0 Å². The van der Waals surface area contributed by atoms with Gasteiger partial charge in [0.05, 0.1) is 12.7 Å². The summed E-state index contributed by atoms with van der Waals surface area (Å²) < 4.78 is 13.4. The SMILES string of the molecule is OCC(O)CNc1ccc(F)c(C2CC2)c1. The minimum Gasteiger partial charge on any atom is -0.394 e. The summed E-state index contributed by atoms with van der Waals surface area (Å²) in [4.78, 5) is 0. The molecule has 3 nitrogen and oxygen atoms in total. The molecule has 0 bridgehead atoms. The molecule has 2 rings (SSSR count). The average Bonchev–Trinajstić information content (AvgIpc) is 3.11. The lowest BCUT2D eigenvalue weighted by Crippen LogP contribution is -2.22. The lowest BCUT2D eigenvalue weighted by Gasteiger charge is -2.11. The highest BCUT2D eigenvalue weighted by Gasteiger charge is 2.26. The maximum absolute atomic E-state index is 13.4. The van der Waals surface area contributed by atoms with E-state index >= 15 is 0 Å². The molecule has 0 amide bonds. The van der Waals surface area contributed by atoms with Crippen LogP contribution >= 0.6 is 0 Å². The van der Waals surface area contributed by atoms with Gasteiger partial charge in [0.15, 0.2) is 0 Å². The second-order valence-corrected chi connectivity index (χ2v) is 4.23. The number of aliphatic hydroxyl groups is 2. The predicted octanol–water partition coefficient (Wildman–Crippen LogP) is 1.47. The number of rotatable bonds is 5. The van der Waals surface area contributed by atoms with Crippen molar-refractivity contribution in [1.29, 1.82) is 0 Å². The third-order valence-corrected chi connectivity index (χ3v) is 2.77. The normalized spacial score (nSPS) is 17.2. The first kappa shape index (κ1) is 11.4. The zero-order chi connectivity index (χ0) is 11.5. The smallest absolute Gasteiger partial charge is 0.126 e. The van der Waals surface area contributed by atoms with Gasteiger partial charge >= 0.3 is 0 Å². The monoisotopic (exact) mass is 225 g/mol. The first-order valence-corrected chi connectivity index (χ1v) is 5.53. The summed E-state index contributed by atoms with van der Waals surface area (Å²) in [5.74, 6) is 0.209. The molecule has 1 saturated carbocycles. The lowest BCUT2D eigenvalue weighted by molar-refractivity contribution is 0.105. The van der Waals surface area contributed by atoms with Crippen LogP contribution < -0.4 is 5.32 Å². The fraction of sp³-hybridized carbons (Fsp3) is 0.500. The van der Waals surface area contributed by atoms with Gasteiger partial charge < -0.3 is 15.5 Å². The molecule has 88 valence electrons. The van der Waals surface area contributed by atoms with Crippen LogP contribution in [0.25, 0.3) is 0 Å². The van der Waals surface area contributed by atoms with Crippen molar-refractivity contribution in [2.45, 2.75) is 24.9 Å². The van der Waals surface area contributed by atoms with E-state index in [4.69, 9.17) is 5.11 Å². The van der Waals surface area contributed by atoms with E-state index in [0.29, 0.717) is 5.92 Å². The largest absolute Gasteiger partial charge is 0.394 e. The molecule has 16 heavy (non-hydrogen) atoms. The van der Waals surface area contributed by atoms with Crippen LogP contribution in [0, 0.1) is 5.82 Å². The molecule has 1 aliphatic rings. The van der Waals surface area contributed by atoms with E-state index in [1.165, 1.54) is 6.07 Å². The number of nitrogens with one attached hydrogen (secondary N) is 1. The molecular weight excluding hydrogens is 209 g/mol. The van der Waals surface area contributed by atoms with Crippen LogP contribution in [0.3, 0.4) is 0 Å². The van der Waals surface area contributed by atoms with Gasteiger partial charge in [-0.25, -0.2) is 4.39 Å². The van der Waals surface area contributed by atoms with E-state index in [1.807, 2.05) is 0 Å². The summed E-state index contributed by atoms with van der Waals surface area (Å²) in [6.07, 6.45) is 1.33. The summed E-state index contributed by atoms with van der Waals surface area (Å²) in [5, 5.41) is 20.8. The lowest BCUT2D eigenvalue weighted by atomic mass is 10.1. The Morgan fingerprint density at radius 1 is 1.44 bits per heavy atom. The van der Waals surface area contributed by atoms with E-state index in [0.717, 1.165) is 24.1 Å². The molecule has 1 aromatic carbocycles. The number of hydrogen-bond acceptors (Lipinski definition) is 3. The number of aliphatic hydroxyl groups excluding tert-OH is 2. The Labute approximate surface area is 93.9 Å². The maximum Gasteiger partial charge on any atom is 0.126 e. The van der Waals surface area contributed by atoms with Crippen LogP contribution in [0.15, 0.2) is 18.2 Å². The van der Waals surface area contributed by atoms with E-state index in [2.05, 4.69) is 5.32 Å². The first-order valence-electron chi connectivity index (χ1n) is 5.53. The minimum atomic E-state index is -0.783. The topological polar surface area (TPSA) is 52.5 Å². The fourth-order valence-corrected chi connectivity index (χ4v) is 1.66. The van der Waals surface area contributed by atoms with Gasteiger partial charge in [-0.3, -0.25) is 0 Å². The van der Waals surface area contributed by atoms with Crippen LogP contribution in [-0.4, -0.2) is 29.5 Å². The van der Waals surface area contributed by atoms with Crippen molar-refractivity contribution >= 4 is 5.69 Å². The molecule has 0 aliphatic heterocycles. The molecular formula is C12H16FNO2. The molecule has 1 unspecified atom stereocenters. The highest BCUT2D eigenvalue weighted by Crippen LogP contribution is 2.41. The van der Waals surface area contributed by atoms with E-state index in [9.17, 15) is 9.50 Å². The summed E-state index contributed by atoms with van der Waals surface area (Å²) in [6, 6.07) is 4.88. The Kier molecular flexibility index (Phi) is 3.41. The minimum absolute atomic E-state index is 0.157. The molecule has 1 aliphatic carbocycles. The van der Waals surface area contributed by atoms with Crippen molar-refractivity contribution in [3.05, 3.63) is 29.6 Å². The van der Waals surface area contributed by atoms with Gasteiger partial charge in [-0.2, -0.15) is 0 Å². The van der Waals surface area contributed by atoms with Crippen LogP contribution in [0.5, 0.6) is 0 Å². The average molecular weight is 225 g/mol. The number of anilines is 1. The molecule has 4 heteroatoms. The Bertz CT molecular complexity index is 366. The van der Waals surface area contributed by atoms with Crippen molar-refractivity contribution in [2.75, 3.05) is 18.5 Å². The Balaban J connectivity index is 2.01. The van der Waals surface area contributed by atoms with Gasteiger partial charge in [-0.1, -0.05) is 0 Å². The summed E-state index contributed by atoms with van der Waals surface area (Å²) in [7, 11) is 0. The second kappa shape index (κ2) is 4.80. The Hall–Kier alpha value is -1.13. The van der Waals surface area contributed by atoms with Gasteiger partial charge in [-0.05, 0) is 42.5 Å². The van der Waals surface area contributed by atoms with Crippen molar-refractivity contribution in [3.8, 4) is 0 Å². The molecule has 3 N–H and O–H groups in total. The summed E-state index contributed by atoms with van der Waals surface area (Å²) in [6.45, 7) is -0.00405. The maximum atomic E-state index is 13.4. The fourth-order valence-electron chi connectivity index (χ4n) is 1.66. The van der Waals surface area contributed by atoms with Gasteiger partial charge in [-0.15, -0.1) is 0 Å². The highest BCUT2D eigenvalue weighted by molar-refractivity contribution is 5.48. The van der Waals surface area contributed by atoms with Crippen molar-refractivity contribution < 1.29 is 14.6 Å². The van der Waals surface area contributed by atoms with Crippen molar-refractivity contribution in [2.24, 2.45) is 0 Å². The molecule has 1 atom stereocenters.